The van der Waals surface area contributed by atoms with Crippen LogP contribution < -0.4 is 0 Å². The van der Waals surface area contributed by atoms with E-state index in [0.717, 1.165) is 0 Å². The van der Waals surface area contributed by atoms with Crippen molar-refractivity contribution in [1.29, 1.82) is 0 Å². The molecular weight excluding hydrogens is 404 g/mol. The zero-order valence-corrected chi connectivity index (χ0v) is 19.9. The van der Waals surface area contributed by atoms with Gasteiger partial charge in [-0.05, 0) is 10.8 Å². The summed E-state index contributed by atoms with van der Waals surface area (Å²) in [6.07, 6.45) is 0. The van der Waals surface area contributed by atoms with Gasteiger partial charge in [0.2, 0.25) is 0 Å². The van der Waals surface area contributed by atoms with Gasteiger partial charge in [-0.3, -0.25) is 0 Å². The average Bonchev–Trinajstić information content (AvgIpc) is 3.23. The number of fused-ring (bicyclic) bond motifs is 3. The smallest absolute Gasteiger partial charge is 0.214 e. The molecule has 0 spiro atoms. The van der Waals surface area contributed by atoms with E-state index in [2.05, 4.69) is 84.0 Å². The van der Waals surface area contributed by atoms with E-state index in [1.165, 1.54) is 32.7 Å². The Morgan fingerprint density at radius 3 is 1.33 bits per heavy atom. The van der Waals surface area contributed by atoms with Gasteiger partial charge >= 0.3 is 26.2 Å². The van der Waals surface area contributed by atoms with Gasteiger partial charge in [-0.2, -0.15) is 18.2 Å². The summed E-state index contributed by atoms with van der Waals surface area (Å²) in [5, 5.41) is 5.49. The molecule has 0 unspecified atom stereocenters. The summed E-state index contributed by atoms with van der Waals surface area (Å²) in [5.41, 5.74) is 3.20. The summed E-state index contributed by atoms with van der Waals surface area (Å²) < 4.78 is 0. The molecule has 0 nitrogen and oxygen atoms in total. The molecule has 4 aromatic rings. The molecule has 4 aromatic carbocycles. The second kappa shape index (κ2) is 8.28. The Balaban J connectivity index is 0.000000379. The Bertz CT molecular complexity index is 901. The number of rotatable bonds is 0. The van der Waals surface area contributed by atoms with Crippen molar-refractivity contribution in [3.8, 4) is 0 Å². The van der Waals surface area contributed by atoms with E-state index in [0.29, 0.717) is 0 Å². The van der Waals surface area contributed by atoms with Crippen LogP contribution in [-0.4, -0.2) is 0 Å². The average molecular weight is 434 g/mol. The first kappa shape index (κ1) is 21.8. The minimum atomic E-state index is 0. The molecule has 0 atom stereocenters. The van der Waals surface area contributed by atoms with Crippen molar-refractivity contribution in [3.63, 3.8) is 0 Å². The van der Waals surface area contributed by atoms with E-state index >= 15 is 0 Å². The van der Waals surface area contributed by atoms with Gasteiger partial charge in [0.05, 0.1) is 0 Å². The van der Waals surface area contributed by atoms with Crippen LogP contribution >= 0.6 is 0 Å². The first-order valence-electron chi connectivity index (χ1n) is 9.47. The normalized spacial score (nSPS) is 11.8. The van der Waals surface area contributed by atoms with Crippen molar-refractivity contribution in [2.24, 2.45) is 0 Å². The molecule has 0 aliphatic heterocycles. The monoisotopic (exact) mass is 432 g/mol. The predicted molar refractivity (Wildman–Crippen MR) is 116 cm³/mol. The number of hydrogen-bond acceptors (Lipinski definition) is 0. The molecule has 0 N–H and O–H groups in total. The maximum atomic E-state index is 2.38. The summed E-state index contributed by atoms with van der Waals surface area (Å²) in [4.78, 5) is 0. The molecule has 0 aliphatic rings. The summed E-state index contributed by atoms with van der Waals surface area (Å²) in [6, 6.07) is 26.1. The van der Waals surface area contributed by atoms with Gasteiger partial charge in [0.1, 0.15) is 0 Å². The molecule has 138 valence electrons. The third-order valence-corrected chi connectivity index (χ3v) is 5.00. The van der Waals surface area contributed by atoms with E-state index in [9.17, 15) is 0 Å². The molecule has 0 bridgehead atoms. The second-order valence-electron chi connectivity index (χ2n) is 9.21. The molecule has 0 aromatic heterocycles. The zero-order chi connectivity index (χ0) is 18.9. The molecule has 0 aliphatic carbocycles. The van der Waals surface area contributed by atoms with Gasteiger partial charge in [0.25, 0.3) is 0 Å². The Morgan fingerprint density at radius 2 is 1.04 bits per heavy atom. The third-order valence-electron chi connectivity index (χ3n) is 5.00. The fourth-order valence-electron chi connectivity index (χ4n) is 3.25. The molecule has 27 heavy (non-hydrogen) atoms. The second-order valence-corrected chi connectivity index (χ2v) is 9.21. The van der Waals surface area contributed by atoms with E-state index < -0.39 is 0 Å². The van der Waals surface area contributed by atoms with Crippen LogP contribution in [0.1, 0.15) is 52.7 Å². The first-order chi connectivity index (χ1) is 12.2. The molecule has 0 amide bonds. The maximum absolute atomic E-state index is 2.38. The van der Waals surface area contributed by atoms with Gasteiger partial charge in [-0.25, -0.2) is 12.1 Å². The Hall–Kier alpha value is -1.46. The summed E-state index contributed by atoms with van der Waals surface area (Å²) in [6.45, 7) is 13.7. The Kier molecular flexibility index (Phi) is 6.69. The van der Waals surface area contributed by atoms with Gasteiger partial charge in [-0.15, -0.1) is 39.7 Å². The molecule has 0 fully saturated rings. The number of benzene rings is 2. The van der Waals surface area contributed by atoms with Gasteiger partial charge < -0.3 is 0 Å². The SMILES string of the molecule is CC(C)(C)c1ccc2[cH-]c3ccc(C(C)(C)C)cc3c2c1.[Zr+2].c1cc[cH-]c1. The minimum absolute atomic E-state index is 0. The van der Waals surface area contributed by atoms with Crippen molar-refractivity contribution in [2.75, 3.05) is 0 Å². The first-order valence-corrected chi connectivity index (χ1v) is 9.47. The van der Waals surface area contributed by atoms with E-state index in [1.54, 1.807) is 0 Å². The van der Waals surface area contributed by atoms with E-state index in [-0.39, 0.29) is 37.0 Å². The van der Waals surface area contributed by atoms with E-state index in [1.807, 2.05) is 30.3 Å². The quantitative estimate of drug-likeness (QED) is 0.249. The van der Waals surface area contributed by atoms with Gasteiger partial charge in [0.15, 0.2) is 0 Å². The molecule has 4 rings (SSSR count). The molecule has 0 saturated heterocycles. The van der Waals surface area contributed by atoms with Crippen LogP contribution in [-0.2, 0) is 37.0 Å². The standard InChI is InChI=1S/C21H25.C5H5.Zr/c1-20(2,3)16-9-7-14-11-15-8-10-17(21(4,5)6)13-19(15)18(14)12-16;1-2-4-5-3-1;/h7-13H,1-6H3;1-5H;/q2*-1;+2. The third kappa shape index (κ3) is 5.08. The predicted octanol–water partition coefficient (Wildman–Crippen LogP) is 7.71. The largest absolute Gasteiger partial charge is 2.00 e. The van der Waals surface area contributed by atoms with Crippen molar-refractivity contribution >= 4 is 21.5 Å². The van der Waals surface area contributed by atoms with Gasteiger partial charge in [-0.1, -0.05) is 76.9 Å². The van der Waals surface area contributed by atoms with Crippen molar-refractivity contribution in [1.82, 2.24) is 0 Å². The van der Waals surface area contributed by atoms with Crippen LogP contribution in [0.15, 0.2) is 72.8 Å². The maximum Gasteiger partial charge on any atom is 2.00 e. The minimum Gasteiger partial charge on any atom is -0.214 e. The van der Waals surface area contributed by atoms with Crippen molar-refractivity contribution in [3.05, 3.63) is 83.9 Å². The fourth-order valence-corrected chi connectivity index (χ4v) is 3.25. The molecular formula is C26H30Zr. The summed E-state index contributed by atoms with van der Waals surface area (Å²) in [5.74, 6) is 0. The van der Waals surface area contributed by atoms with E-state index in [4.69, 9.17) is 0 Å². The van der Waals surface area contributed by atoms with Crippen LogP contribution in [0.5, 0.6) is 0 Å². The van der Waals surface area contributed by atoms with Crippen LogP contribution in [0, 0.1) is 0 Å². The zero-order valence-electron chi connectivity index (χ0n) is 17.4. The van der Waals surface area contributed by atoms with Crippen LogP contribution in [0.25, 0.3) is 21.5 Å². The summed E-state index contributed by atoms with van der Waals surface area (Å²) in [7, 11) is 0. The van der Waals surface area contributed by atoms with Crippen LogP contribution in [0.2, 0.25) is 0 Å². The molecule has 0 saturated carbocycles. The molecule has 0 heterocycles. The Labute approximate surface area is 183 Å². The summed E-state index contributed by atoms with van der Waals surface area (Å²) >= 11 is 0. The number of hydrogen-bond donors (Lipinski definition) is 0. The van der Waals surface area contributed by atoms with Gasteiger partial charge in [0, 0.05) is 0 Å². The Morgan fingerprint density at radius 1 is 0.630 bits per heavy atom. The van der Waals surface area contributed by atoms with Crippen LogP contribution in [0.3, 0.4) is 0 Å². The van der Waals surface area contributed by atoms with Crippen LogP contribution in [0.4, 0.5) is 0 Å². The molecule has 0 radical (unpaired) electrons. The molecule has 1 heteroatoms. The van der Waals surface area contributed by atoms with Crippen molar-refractivity contribution < 1.29 is 26.2 Å². The van der Waals surface area contributed by atoms with Crippen molar-refractivity contribution in [2.45, 2.75) is 52.4 Å². The fraction of sp³-hybridized carbons (Fsp3) is 0.308. The topological polar surface area (TPSA) is 0 Å².